The van der Waals surface area contributed by atoms with Gasteiger partial charge in [-0.1, -0.05) is 30.3 Å². The number of nitrogens with zero attached hydrogens (tertiary/aromatic N) is 7. The highest BCUT2D eigenvalue weighted by molar-refractivity contribution is 6.00. The van der Waals surface area contributed by atoms with Gasteiger partial charge in [0.25, 0.3) is 5.91 Å². The summed E-state index contributed by atoms with van der Waals surface area (Å²) in [5.74, 6) is 1.47. The van der Waals surface area contributed by atoms with Gasteiger partial charge in [-0.05, 0) is 6.92 Å². The van der Waals surface area contributed by atoms with Gasteiger partial charge >= 0.3 is 0 Å². The fourth-order valence-electron chi connectivity index (χ4n) is 3.71. The molecule has 136 valence electrons. The van der Waals surface area contributed by atoms with Crippen LogP contribution in [0.15, 0.2) is 48.9 Å². The Morgan fingerprint density at radius 2 is 1.96 bits per heavy atom. The van der Waals surface area contributed by atoms with E-state index in [1.54, 1.807) is 10.7 Å². The van der Waals surface area contributed by atoms with Crippen LogP contribution in [0.5, 0.6) is 0 Å². The molecule has 0 radical (unpaired) electrons. The Morgan fingerprint density at radius 3 is 2.78 bits per heavy atom. The standard InChI is InChI=1S/C19H19N7O/c1-13-17-21-16(14-6-4-3-5-7-14)22-25(17)11-9-24(13)19(27)15-12-20-26-10-8-23(2)18(15)26/h3-8,10,12-13H,9,11H2,1-2H3/t13-/m0/s1. The zero-order chi connectivity index (χ0) is 18.5. The molecule has 8 heteroatoms. The van der Waals surface area contributed by atoms with Gasteiger partial charge < -0.3 is 9.47 Å². The van der Waals surface area contributed by atoms with E-state index in [0.717, 1.165) is 17.0 Å². The van der Waals surface area contributed by atoms with Gasteiger partial charge in [0.15, 0.2) is 5.82 Å². The molecule has 0 fully saturated rings. The summed E-state index contributed by atoms with van der Waals surface area (Å²) in [5.41, 5.74) is 2.38. The molecule has 27 heavy (non-hydrogen) atoms. The zero-order valence-electron chi connectivity index (χ0n) is 15.1. The summed E-state index contributed by atoms with van der Waals surface area (Å²) in [6.07, 6.45) is 5.37. The fraction of sp³-hybridized carbons (Fsp3) is 0.263. The molecule has 4 heterocycles. The Bertz CT molecular complexity index is 1140. The Hall–Kier alpha value is -3.42. The van der Waals surface area contributed by atoms with Crippen molar-refractivity contribution in [1.29, 1.82) is 0 Å². The Morgan fingerprint density at radius 1 is 1.15 bits per heavy atom. The molecule has 1 aliphatic rings. The molecule has 1 aromatic carbocycles. The Labute approximate surface area is 155 Å². The number of carbonyl (C=O) groups excluding carboxylic acids is 1. The van der Waals surface area contributed by atoms with Gasteiger partial charge in [-0.15, -0.1) is 0 Å². The van der Waals surface area contributed by atoms with Crippen LogP contribution in [0.4, 0.5) is 0 Å². The van der Waals surface area contributed by atoms with Crippen LogP contribution >= 0.6 is 0 Å². The molecule has 0 bridgehead atoms. The highest BCUT2D eigenvalue weighted by Crippen LogP contribution is 2.28. The van der Waals surface area contributed by atoms with Crippen molar-refractivity contribution >= 4 is 11.6 Å². The lowest BCUT2D eigenvalue weighted by Crippen LogP contribution is -2.41. The van der Waals surface area contributed by atoms with Crippen LogP contribution in [0.2, 0.25) is 0 Å². The van der Waals surface area contributed by atoms with Gasteiger partial charge in [0.2, 0.25) is 0 Å². The van der Waals surface area contributed by atoms with E-state index >= 15 is 0 Å². The summed E-state index contributed by atoms with van der Waals surface area (Å²) in [6.45, 7) is 3.22. The number of benzene rings is 1. The maximum Gasteiger partial charge on any atom is 0.259 e. The third kappa shape index (κ3) is 2.37. The summed E-state index contributed by atoms with van der Waals surface area (Å²) in [7, 11) is 1.91. The second-order valence-electron chi connectivity index (χ2n) is 6.79. The summed E-state index contributed by atoms with van der Waals surface area (Å²) in [5, 5.41) is 8.91. The van der Waals surface area contributed by atoms with Gasteiger partial charge in [0.1, 0.15) is 17.0 Å². The molecular weight excluding hydrogens is 342 g/mol. The Balaban J connectivity index is 1.49. The molecule has 0 unspecified atom stereocenters. The van der Waals surface area contributed by atoms with Gasteiger partial charge in [-0.2, -0.15) is 10.2 Å². The molecule has 3 aromatic heterocycles. The third-order valence-corrected chi connectivity index (χ3v) is 5.15. The number of hydrogen-bond acceptors (Lipinski definition) is 4. The Kier molecular flexibility index (Phi) is 3.40. The molecule has 0 saturated carbocycles. The highest BCUT2D eigenvalue weighted by atomic mass is 16.2. The molecule has 5 rings (SSSR count). The normalized spacial score (nSPS) is 16.7. The van der Waals surface area contributed by atoms with E-state index in [9.17, 15) is 4.79 Å². The van der Waals surface area contributed by atoms with Crippen LogP contribution in [-0.2, 0) is 13.6 Å². The fourth-order valence-corrected chi connectivity index (χ4v) is 3.71. The SMILES string of the molecule is C[C@H]1c2nc(-c3ccccc3)nn2CCN1C(=O)c1cnn2ccn(C)c12. The largest absolute Gasteiger partial charge is 0.334 e. The van der Waals surface area contributed by atoms with Crippen molar-refractivity contribution in [2.45, 2.75) is 19.5 Å². The van der Waals surface area contributed by atoms with Crippen LogP contribution in [0.1, 0.15) is 29.1 Å². The number of rotatable bonds is 2. The van der Waals surface area contributed by atoms with Gasteiger partial charge in [0.05, 0.1) is 18.8 Å². The monoisotopic (exact) mass is 361 g/mol. The number of fused-ring (bicyclic) bond motifs is 2. The number of hydrogen-bond donors (Lipinski definition) is 0. The molecule has 8 nitrogen and oxygen atoms in total. The average molecular weight is 361 g/mol. The number of imidazole rings is 1. The molecule has 1 aliphatic heterocycles. The van der Waals surface area contributed by atoms with Crippen LogP contribution in [0, 0.1) is 0 Å². The van der Waals surface area contributed by atoms with Crippen molar-refractivity contribution in [2.24, 2.45) is 7.05 Å². The minimum atomic E-state index is -0.161. The maximum atomic E-state index is 13.2. The second kappa shape index (κ2) is 5.80. The van der Waals surface area contributed by atoms with Crippen molar-refractivity contribution in [3.8, 4) is 11.4 Å². The van der Waals surface area contributed by atoms with E-state index in [1.165, 1.54) is 0 Å². The van der Waals surface area contributed by atoms with Gasteiger partial charge in [0, 0.05) is 31.5 Å². The molecule has 0 aliphatic carbocycles. The van der Waals surface area contributed by atoms with Crippen LogP contribution in [0.3, 0.4) is 0 Å². The maximum absolute atomic E-state index is 13.2. The predicted molar refractivity (Wildman–Crippen MR) is 99.1 cm³/mol. The van der Waals surface area contributed by atoms with E-state index in [0.29, 0.717) is 24.5 Å². The van der Waals surface area contributed by atoms with E-state index in [4.69, 9.17) is 4.98 Å². The topological polar surface area (TPSA) is 73.2 Å². The number of amides is 1. The first kappa shape index (κ1) is 15.8. The summed E-state index contributed by atoms with van der Waals surface area (Å²) >= 11 is 0. The number of carbonyl (C=O) groups is 1. The van der Waals surface area contributed by atoms with Crippen molar-refractivity contribution in [2.75, 3.05) is 6.54 Å². The smallest absolute Gasteiger partial charge is 0.259 e. The van der Waals surface area contributed by atoms with Gasteiger partial charge in [-0.3, -0.25) is 4.79 Å². The second-order valence-corrected chi connectivity index (χ2v) is 6.79. The lowest BCUT2D eigenvalue weighted by molar-refractivity contribution is 0.0632. The lowest BCUT2D eigenvalue weighted by atomic mass is 10.1. The quantitative estimate of drug-likeness (QED) is 0.548. The molecule has 0 N–H and O–H groups in total. The van der Waals surface area contributed by atoms with Crippen LogP contribution in [0.25, 0.3) is 17.0 Å². The average Bonchev–Trinajstić information content (AvgIpc) is 3.39. The predicted octanol–water partition coefficient (Wildman–Crippen LogP) is 2.15. The van der Waals surface area contributed by atoms with E-state index in [2.05, 4.69) is 10.2 Å². The minimum absolute atomic E-state index is 0.0326. The summed E-state index contributed by atoms with van der Waals surface area (Å²) < 4.78 is 5.54. The summed E-state index contributed by atoms with van der Waals surface area (Å²) in [4.78, 5) is 19.8. The van der Waals surface area contributed by atoms with Crippen LogP contribution in [-0.4, -0.2) is 46.3 Å². The van der Waals surface area contributed by atoms with Crippen molar-refractivity contribution < 1.29 is 4.79 Å². The minimum Gasteiger partial charge on any atom is -0.334 e. The van der Waals surface area contributed by atoms with Gasteiger partial charge in [-0.25, -0.2) is 14.2 Å². The van der Waals surface area contributed by atoms with E-state index in [-0.39, 0.29) is 11.9 Å². The molecule has 1 atom stereocenters. The van der Waals surface area contributed by atoms with Crippen molar-refractivity contribution in [3.63, 3.8) is 0 Å². The van der Waals surface area contributed by atoms with E-state index in [1.807, 2.05) is 70.8 Å². The number of aryl methyl sites for hydroxylation is 1. The lowest BCUT2D eigenvalue weighted by Gasteiger charge is -2.32. The first-order valence-corrected chi connectivity index (χ1v) is 8.93. The first-order chi connectivity index (χ1) is 13.1. The molecule has 4 aromatic rings. The molecule has 0 spiro atoms. The molecule has 0 saturated heterocycles. The van der Waals surface area contributed by atoms with Crippen LogP contribution < -0.4 is 0 Å². The summed E-state index contributed by atoms with van der Waals surface area (Å²) in [6, 6.07) is 9.74. The zero-order valence-corrected chi connectivity index (χ0v) is 15.1. The van der Waals surface area contributed by atoms with E-state index < -0.39 is 0 Å². The van der Waals surface area contributed by atoms with Crippen molar-refractivity contribution in [1.82, 2.24) is 33.8 Å². The third-order valence-electron chi connectivity index (χ3n) is 5.15. The first-order valence-electron chi connectivity index (χ1n) is 8.93. The highest BCUT2D eigenvalue weighted by Gasteiger charge is 2.33. The number of aromatic nitrogens is 6. The molecule has 1 amide bonds. The molecular formula is C19H19N7O. The van der Waals surface area contributed by atoms with Crippen molar-refractivity contribution in [3.05, 3.63) is 60.3 Å².